The second-order valence-corrected chi connectivity index (χ2v) is 12.6. The quantitative estimate of drug-likeness (QED) is 0.154. The number of hydrogen-bond acceptors (Lipinski definition) is 4. The number of sulfone groups is 1. The van der Waals surface area contributed by atoms with Crippen LogP contribution < -0.4 is 5.32 Å². The molecular formula is C32H49NO4S. The maximum atomic E-state index is 12.7. The summed E-state index contributed by atoms with van der Waals surface area (Å²) >= 11 is 0. The molecule has 0 fully saturated rings. The van der Waals surface area contributed by atoms with Crippen molar-refractivity contribution in [3.8, 4) is 5.75 Å². The maximum Gasteiger partial charge on any atom is 0.255 e. The third kappa shape index (κ3) is 13.5. The van der Waals surface area contributed by atoms with E-state index in [1.807, 2.05) is 0 Å². The van der Waals surface area contributed by atoms with E-state index in [0.29, 0.717) is 17.7 Å². The second-order valence-electron chi connectivity index (χ2n) is 10.5. The number of phenols is 1. The lowest BCUT2D eigenvalue weighted by Gasteiger charge is -2.08. The molecule has 2 rings (SSSR count). The minimum absolute atomic E-state index is 0.0635. The molecule has 0 atom stereocenters. The summed E-state index contributed by atoms with van der Waals surface area (Å²) in [5, 5.41) is 12.2. The number of rotatable bonds is 21. The van der Waals surface area contributed by atoms with Gasteiger partial charge in [-0.1, -0.05) is 116 Å². The van der Waals surface area contributed by atoms with Gasteiger partial charge in [-0.15, -0.1) is 0 Å². The van der Waals surface area contributed by atoms with E-state index in [0.717, 1.165) is 12.8 Å². The minimum Gasteiger partial charge on any atom is -0.508 e. The van der Waals surface area contributed by atoms with Crippen LogP contribution in [0.25, 0.3) is 0 Å². The van der Waals surface area contributed by atoms with Crippen molar-refractivity contribution in [2.45, 2.75) is 121 Å². The molecule has 2 N–H and O–H groups in total. The highest BCUT2D eigenvalue weighted by Crippen LogP contribution is 2.19. The first kappa shape index (κ1) is 31.9. The second kappa shape index (κ2) is 18.8. The lowest BCUT2D eigenvalue weighted by molar-refractivity contribution is 0.102. The molecule has 2 aromatic carbocycles. The summed E-state index contributed by atoms with van der Waals surface area (Å²) < 4.78 is 25.3. The number of anilines is 1. The van der Waals surface area contributed by atoms with Gasteiger partial charge in [0.05, 0.1) is 10.6 Å². The van der Waals surface area contributed by atoms with E-state index in [9.17, 15) is 18.3 Å². The van der Waals surface area contributed by atoms with Crippen molar-refractivity contribution in [2.75, 3.05) is 11.1 Å². The van der Waals surface area contributed by atoms with Crippen molar-refractivity contribution in [3.05, 3.63) is 54.1 Å². The van der Waals surface area contributed by atoms with Gasteiger partial charge < -0.3 is 10.4 Å². The fourth-order valence-corrected chi connectivity index (χ4v) is 6.11. The molecule has 0 aromatic heterocycles. The first-order valence-electron chi connectivity index (χ1n) is 14.9. The molecule has 2 aromatic rings. The predicted octanol–water partition coefficient (Wildman–Crippen LogP) is 9.07. The van der Waals surface area contributed by atoms with Gasteiger partial charge in [-0.25, -0.2) is 8.42 Å². The van der Waals surface area contributed by atoms with Crippen LogP contribution in [-0.4, -0.2) is 25.2 Å². The molecule has 0 aliphatic heterocycles. The first-order chi connectivity index (χ1) is 18.4. The fraction of sp³-hybridized carbons (Fsp3) is 0.594. The molecule has 0 saturated carbocycles. The van der Waals surface area contributed by atoms with Crippen LogP contribution in [0, 0.1) is 0 Å². The summed E-state index contributed by atoms with van der Waals surface area (Å²) in [6, 6.07) is 12.3. The molecule has 212 valence electrons. The van der Waals surface area contributed by atoms with Crippen LogP contribution in [0.2, 0.25) is 0 Å². The van der Waals surface area contributed by atoms with Gasteiger partial charge in [0, 0.05) is 17.3 Å². The zero-order chi connectivity index (χ0) is 27.5. The van der Waals surface area contributed by atoms with Gasteiger partial charge in [0.1, 0.15) is 5.75 Å². The van der Waals surface area contributed by atoms with Crippen molar-refractivity contribution in [2.24, 2.45) is 0 Å². The average molecular weight is 544 g/mol. The van der Waals surface area contributed by atoms with Crippen molar-refractivity contribution in [1.82, 2.24) is 0 Å². The molecule has 0 saturated heterocycles. The number of hydrogen-bond donors (Lipinski definition) is 2. The number of unbranched alkanes of at least 4 members (excludes halogenated alkanes) is 16. The number of amides is 1. The largest absolute Gasteiger partial charge is 0.508 e. The lowest BCUT2D eigenvalue weighted by atomic mass is 10.0. The number of carbonyl (C=O) groups is 1. The lowest BCUT2D eigenvalue weighted by Crippen LogP contribution is -2.12. The van der Waals surface area contributed by atoms with Crippen molar-refractivity contribution in [1.29, 1.82) is 0 Å². The number of carbonyl (C=O) groups excluding carboxylic acids is 1. The number of nitrogens with one attached hydrogen (secondary N) is 1. The number of benzene rings is 2. The maximum absolute atomic E-state index is 12.7. The predicted molar refractivity (Wildman–Crippen MR) is 159 cm³/mol. The SMILES string of the molecule is CCCCCCCCCCCCCCCCCCCS(=O)(=O)c1ccc(C(=O)Nc2cccc(O)c2)cc1. The number of aromatic hydroxyl groups is 1. The molecule has 0 spiro atoms. The van der Waals surface area contributed by atoms with E-state index in [1.165, 1.54) is 126 Å². The molecule has 0 radical (unpaired) electrons. The minimum atomic E-state index is -3.35. The third-order valence-electron chi connectivity index (χ3n) is 7.10. The van der Waals surface area contributed by atoms with Crippen LogP contribution in [-0.2, 0) is 9.84 Å². The summed E-state index contributed by atoms with van der Waals surface area (Å²) in [7, 11) is -3.35. The Bertz CT molecular complexity index is 1020. The first-order valence-corrected chi connectivity index (χ1v) is 16.5. The van der Waals surface area contributed by atoms with E-state index >= 15 is 0 Å². The Morgan fingerprint density at radius 3 is 1.63 bits per heavy atom. The molecule has 1 amide bonds. The Balaban J connectivity index is 1.51. The number of phenolic OH excluding ortho intramolecular Hbond substituents is 1. The van der Waals surface area contributed by atoms with Gasteiger partial charge >= 0.3 is 0 Å². The summed E-state index contributed by atoms with van der Waals surface area (Å²) in [5.74, 6) is -0.151. The molecule has 0 unspecified atom stereocenters. The smallest absolute Gasteiger partial charge is 0.255 e. The van der Waals surface area contributed by atoms with E-state index in [1.54, 1.807) is 12.1 Å². The molecule has 6 heteroatoms. The van der Waals surface area contributed by atoms with Crippen LogP contribution in [0.4, 0.5) is 5.69 Å². The van der Waals surface area contributed by atoms with E-state index in [4.69, 9.17) is 0 Å². The molecule has 0 bridgehead atoms. The topological polar surface area (TPSA) is 83.5 Å². The van der Waals surface area contributed by atoms with Gasteiger partial charge in [-0.05, 0) is 42.8 Å². The Kier molecular flexibility index (Phi) is 15.8. The molecule has 0 aliphatic rings. The molecule has 5 nitrogen and oxygen atoms in total. The molecule has 0 aliphatic carbocycles. The zero-order valence-electron chi connectivity index (χ0n) is 23.4. The van der Waals surface area contributed by atoms with Gasteiger partial charge in [0.15, 0.2) is 9.84 Å². The van der Waals surface area contributed by atoms with Gasteiger partial charge in [0.2, 0.25) is 0 Å². The highest BCUT2D eigenvalue weighted by Gasteiger charge is 2.15. The monoisotopic (exact) mass is 543 g/mol. The van der Waals surface area contributed by atoms with Crippen LogP contribution in [0.1, 0.15) is 126 Å². The average Bonchev–Trinajstić information content (AvgIpc) is 2.90. The summed E-state index contributed by atoms with van der Waals surface area (Å²) in [4.78, 5) is 12.6. The Hall–Kier alpha value is -2.34. The summed E-state index contributed by atoms with van der Waals surface area (Å²) in [6.07, 6.45) is 21.6. The normalized spacial score (nSPS) is 11.5. The van der Waals surface area contributed by atoms with Crippen molar-refractivity contribution < 1.29 is 18.3 Å². The van der Waals surface area contributed by atoms with E-state index < -0.39 is 9.84 Å². The Morgan fingerprint density at radius 2 is 1.16 bits per heavy atom. The Morgan fingerprint density at radius 1 is 0.684 bits per heavy atom. The van der Waals surface area contributed by atoms with Gasteiger partial charge in [0.25, 0.3) is 5.91 Å². The highest BCUT2D eigenvalue weighted by atomic mass is 32.2. The van der Waals surface area contributed by atoms with Crippen LogP contribution in [0.5, 0.6) is 5.75 Å². The highest BCUT2D eigenvalue weighted by molar-refractivity contribution is 7.91. The van der Waals surface area contributed by atoms with Gasteiger partial charge in [-0.2, -0.15) is 0 Å². The van der Waals surface area contributed by atoms with Crippen LogP contribution >= 0.6 is 0 Å². The summed E-state index contributed by atoms with van der Waals surface area (Å²) in [5.41, 5.74) is 0.843. The Labute approximate surface area is 231 Å². The van der Waals surface area contributed by atoms with E-state index in [-0.39, 0.29) is 22.3 Å². The fourth-order valence-electron chi connectivity index (χ4n) is 4.74. The third-order valence-corrected chi connectivity index (χ3v) is 8.91. The molecule has 0 heterocycles. The zero-order valence-corrected chi connectivity index (χ0v) is 24.2. The summed E-state index contributed by atoms with van der Waals surface area (Å²) in [6.45, 7) is 2.27. The van der Waals surface area contributed by atoms with Gasteiger partial charge in [-0.3, -0.25) is 4.79 Å². The van der Waals surface area contributed by atoms with E-state index in [2.05, 4.69) is 12.2 Å². The van der Waals surface area contributed by atoms with Crippen molar-refractivity contribution in [3.63, 3.8) is 0 Å². The standard InChI is InChI=1S/C32H49NO4S/c1-2-3-4-5-6-7-8-9-10-11-12-13-14-15-16-17-18-26-38(36,37)31-24-22-28(23-25-31)32(35)33-29-20-19-21-30(34)27-29/h19-25,27,34H,2-18,26H2,1H3,(H,33,35). The van der Waals surface area contributed by atoms with Crippen LogP contribution in [0.3, 0.4) is 0 Å². The molecular weight excluding hydrogens is 494 g/mol. The van der Waals surface area contributed by atoms with Crippen molar-refractivity contribution >= 4 is 21.4 Å². The van der Waals surface area contributed by atoms with Crippen LogP contribution in [0.15, 0.2) is 53.4 Å². The molecule has 38 heavy (non-hydrogen) atoms.